The lowest BCUT2D eigenvalue weighted by molar-refractivity contribution is -0.122. The van der Waals surface area contributed by atoms with Crippen molar-refractivity contribution in [3.05, 3.63) is 9.77 Å². The first-order valence-electron chi connectivity index (χ1n) is 4.59. The molecule has 1 N–H and O–H groups in total. The summed E-state index contributed by atoms with van der Waals surface area (Å²) < 4.78 is 7.72. The normalized spacial score (nSPS) is 10.7. The lowest BCUT2D eigenvalue weighted by atomic mass is 10.5. The Morgan fingerprint density at radius 3 is 2.87 bits per heavy atom. The fourth-order valence-corrected chi connectivity index (χ4v) is 1.57. The summed E-state index contributed by atoms with van der Waals surface area (Å²) in [6.45, 7) is 3.85. The van der Waals surface area contributed by atoms with Crippen molar-refractivity contribution in [1.82, 2.24) is 9.78 Å². The van der Waals surface area contributed by atoms with E-state index in [1.165, 1.54) is 0 Å². The SMILES string of the molecule is CC(C)OCC(=O)Nc1c(I)cnn1C. The zero-order valence-electron chi connectivity index (χ0n) is 8.95. The van der Waals surface area contributed by atoms with Crippen LogP contribution in [-0.4, -0.2) is 28.4 Å². The van der Waals surface area contributed by atoms with Gasteiger partial charge in [-0.3, -0.25) is 9.48 Å². The van der Waals surface area contributed by atoms with Crippen LogP contribution in [0.4, 0.5) is 5.82 Å². The molecule has 0 fully saturated rings. The summed E-state index contributed by atoms with van der Waals surface area (Å²) in [5.41, 5.74) is 0. The van der Waals surface area contributed by atoms with Crippen LogP contribution < -0.4 is 5.32 Å². The Morgan fingerprint density at radius 2 is 2.40 bits per heavy atom. The average Bonchev–Trinajstić information content (AvgIpc) is 2.46. The molecule has 1 heterocycles. The highest BCUT2D eigenvalue weighted by Gasteiger charge is 2.10. The Hall–Kier alpha value is -0.630. The van der Waals surface area contributed by atoms with Gasteiger partial charge in [0, 0.05) is 7.05 Å². The fourth-order valence-electron chi connectivity index (χ4n) is 0.962. The second kappa shape index (κ2) is 5.45. The maximum Gasteiger partial charge on any atom is 0.251 e. The number of nitrogens with one attached hydrogen (secondary N) is 1. The zero-order valence-corrected chi connectivity index (χ0v) is 11.1. The fraction of sp³-hybridized carbons (Fsp3) is 0.556. The highest BCUT2D eigenvalue weighted by Crippen LogP contribution is 2.15. The van der Waals surface area contributed by atoms with Crippen LogP contribution in [0.15, 0.2) is 6.20 Å². The van der Waals surface area contributed by atoms with E-state index in [-0.39, 0.29) is 18.6 Å². The molecule has 0 unspecified atom stereocenters. The summed E-state index contributed by atoms with van der Waals surface area (Å²) in [7, 11) is 1.78. The molecule has 1 amide bonds. The largest absolute Gasteiger partial charge is 0.369 e. The molecule has 6 heteroatoms. The summed E-state index contributed by atoms with van der Waals surface area (Å²) in [5, 5.41) is 6.76. The van der Waals surface area contributed by atoms with Gasteiger partial charge in [-0.05, 0) is 36.4 Å². The monoisotopic (exact) mass is 323 g/mol. The zero-order chi connectivity index (χ0) is 11.4. The summed E-state index contributed by atoms with van der Waals surface area (Å²) in [5.74, 6) is 0.540. The van der Waals surface area contributed by atoms with Crippen molar-refractivity contribution in [3.8, 4) is 0 Å². The molecule has 1 aromatic heterocycles. The number of hydrogen-bond acceptors (Lipinski definition) is 3. The molecule has 0 aromatic carbocycles. The highest BCUT2D eigenvalue weighted by molar-refractivity contribution is 14.1. The molecular weight excluding hydrogens is 309 g/mol. The summed E-state index contributed by atoms with van der Waals surface area (Å²) >= 11 is 2.12. The Bertz CT molecular complexity index is 330. The molecule has 0 atom stereocenters. The lowest BCUT2D eigenvalue weighted by Crippen LogP contribution is -2.22. The van der Waals surface area contributed by atoms with E-state index in [1.807, 2.05) is 13.8 Å². The predicted molar refractivity (Wildman–Crippen MR) is 65.6 cm³/mol. The molecule has 1 aromatic rings. The second-order valence-corrected chi connectivity index (χ2v) is 4.53. The maximum absolute atomic E-state index is 11.4. The Labute approximate surface area is 102 Å². The number of halogens is 1. The average molecular weight is 323 g/mol. The van der Waals surface area contributed by atoms with E-state index >= 15 is 0 Å². The van der Waals surface area contributed by atoms with Crippen LogP contribution in [0.25, 0.3) is 0 Å². The van der Waals surface area contributed by atoms with Crippen molar-refractivity contribution >= 4 is 34.3 Å². The van der Waals surface area contributed by atoms with E-state index in [0.717, 1.165) is 3.57 Å². The van der Waals surface area contributed by atoms with Crippen molar-refractivity contribution < 1.29 is 9.53 Å². The molecule has 0 radical (unpaired) electrons. The predicted octanol–water partition coefficient (Wildman–Crippen LogP) is 1.39. The highest BCUT2D eigenvalue weighted by atomic mass is 127. The first kappa shape index (κ1) is 12.4. The molecule has 0 saturated heterocycles. The van der Waals surface area contributed by atoms with Crippen LogP contribution in [0.3, 0.4) is 0 Å². The summed E-state index contributed by atoms with van der Waals surface area (Å²) in [4.78, 5) is 11.4. The molecule has 0 spiro atoms. The van der Waals surface area contributed by atoms with Gasteiger partial charge in [0.25, 0.3) is 5.91 Å². The van der Waals surface area contributed by atoms with E-state index in [0.29, 0.717) is 5.82 Å². The van der Waals surface area contributed by atoms with Crippen molar-refractivity contribution in [3.63, 3.8) is 0 Å². The van der Waals surface area contributed by atoms with Crippen LogP contribution in [0.2, 0.25) is 0 Å². The number of aromatic nitrogens is 2. The summed E-state index contributed by atoms with van der Waals surface area (Å²) in [6, 6.07) is 0. The molecule has 0 bridgehead atoms. The van der Waals surface area contributed by atoms with E-state index in [9.17, 15) is 4.79 Å². The number of carbonyl (C=O) groups is 1. The Kier molecular flexibility index (Phi) is 4.52. The van der Waals surface area contributed by atoms with Gasteiger partial charge in [-0.25, -0.2) is 0 Å². The molecule has 0 aliphatic heterocycles. The van der Waals surface area contributed by atoms with Gasteiger partial charge in [-0.1, -0.05) is 0 Å². The first-order valence-corrected chi connectivity index (χ1v) is 5.67. The quantitative estimate of drug-likeness (QED) is 0.852. The Morgan fingerprint density at radius 1 is 1.73 bits per heavy atom. The van der Waals surface area contributed by atoms with E-state index in [1.54, 1.807) is 17.9 Å². The number of anilines is 1. The molecule has 84 valence electrons. The molecule has 0 saturated carbocycles. The van der Waals surface area contributed by atoms with Crippen LogP contribution >= 0.6 is 22.6 Å². The number of rotatable bonds is 4. The number of hydrogen-bond donors (Lipinski definition) is 1. The van der Waals surface area contributed by atoms with Gasteiger partial charge < -0.3 is 10.1 Å². The van der Waals surface area contributed by atoms with Gasteiger partial charge >= 0.3 is 0 Å². The number of nitrogens with zero attached hydrogens (tertiary/aromatic N) is 2. The number of carbonyl (C=O) groups excluding carboxylic acids is 1. The van der Waals surface area contributed by atoms with Crippen LogP contribution in [0.1, 0.15) is 13.8 Å². The number of amides is 1. The standard InChI is InChI=1S/C9H14IN3O2/c1-6(2)15-5-8(14)12-9-7(10)4-11-13(9)3/h4,6H,5H2,1-3H3,(H,12,14). The van der Waals surface area contributed by atoms with E-state index in [2.05, 4.69) is 33.0 Å². The maximum atomic E-state index is 11.4. The molecule has 5 nitrogen and oxygen atoms in total. The van der Waals surface area contributed by atoms with Crippen molar-refractivity contribution in [2.45, 2.75) is 20.0 Å². The third kappa shape index (κ3) is 3.78. The van der Waals surface area contributed by atoms with Gasteiger partial charge in [-0.2, -0.15) is 5.10 Å². The van der Waals surface area contributed by atoms with Gasteiger partial charge in [-0.15, -0.1) is 0 Å². The minimum atomic E-state index is -0.162. The van der Waals surface area contributed by atoms with Gasteiger partial charge in [0.1, 0.15) is 12.4 Å². The van der Waals surface area contributed by atoms with Gasteiger partial charge in [0.2, 0.25) is 0 Å². The number of aryl methyl sites for hydroxylation is 1. The molecular formula is C9H14IN3O2. The third-order valence-electron chi connectivity index (χ3n) is 1.70. The van der Waals surface area contributed by atoms with E-state index in [4.69, 9.17) is 4.74 Å². The van der Waals surface area contributed by atoms with Gasteiger partial charge in [0.05, 0.1) is 15.9 Å². The van der Waals surface area contributed by atoms with Crippen LogP contribution in [0, 0.1) is 3.57 Å². The third-order valence-corrected chi connectivity index (χ3v) is 2.49. The first-order chi connectivity index (χ1) is 7.00. The van der Waals surface area contributed by atoms with Crippen molar-refractivity contribution in [2.75, 3.05) is 11.9 Å². The minimum absolute atomic E-state index is 0.0568. The van der Waals surface area contributed by atoms with Crippen molar-refractivity contribution in [2.24, 2.45) is 7.05 Å². The molecule has 0 aliphatic rings. The van der Waals surface area contributed by atoms with Crippen LogP contribution in [0.5, 0.6) is 0 Å². The van der Waals surface area contributed by atoms with Crippen LogP contribution in [-0.2, 0) is 16.6 Å². The minimum Gasteiger partial charge on any atom is -0.369 e. The molecule has 0 aliphatic carbocycles. The van der Waals surface area contributed by atoms with E-state index < -0.39 is 0 Å². The topological polar surface area (TPSA) is 56.1 Å². The molecule has 15 heavy (non-hydrogen) atoms. The van der Waals surface area contributed by atoms with Gasteiger partial charge in [0.15, 0.2) is 0 Å². The number of ether oxygens (including phenoxy) is 1. The lowest BCUT2D eigenvalue weighted by Gasteiger charge is -2.08. The summed E-state index contributed by atoms with van der Waals surface area (Å²) in [6.07, 6.45) is 1.75. The smallest absolute Gasteiger partial charge is 0.251 e. The second-order valence-electron chi connectivity index (χ2n) is 3.37. The van der Waals surface area contributed by atoms with Crippen molar-refractivity contribution in [1.29, 1.82) is 0 Å². The molecule has 1 rings (SSSR count). The Balaban J connectivity index is 2.51.